The second-order valence-corrected chi connectivity index (χ2v) is 4.43. The van der Waals surface area contributed by atoms with E-state index < -0.39 is 18.0 Å². The minimum Gasteiger partial charge on any atom is -0.481 e. The van der Waals surface area contributed by atoms with Crippen molar-refractivity contribution in [2.45, 2.75) is 25.3 Å². The van der Waals surface area contributed by atoms with Gasteiger partial charge in [0, 0.05) is 13.1 Å². The molecule has 1 aliphatic rings. The number of aliphatic carboxylic acids is 1. The van der Waals surface area contributed by atoms with Crippen LogP contribution in [0, 0.1) is 5.92 Å². The smallest absolute Gasteiger partial charge is 0.325 e. The van der Waals surface area contributed by atoms with E-state index in [1.165, 1.54) is 19.1 Å². The maximum atomic E-state index is 11.7. The molecular weight excluding hydrogens is 240 g/mol. The van der Waals surface area contributed by atoms with Crippen LogP contribution in [0.2, 0.25) is 0 Å². The van der Waals surface area contributed by atoms with Crippen LogP contribution in [0.1, 0.15) is 19.3 Å². The summed E-state index contributed by atoms with van der Waals surface area (Å²) in [5.41, 5.74) is 0. The van der Waals surface area contributed by atoms with Crippen LogP contribution < -0.4 is 5.32 Å². The summed E-state index contributed by atoms with van der Waals surface area (Å²) in [7, 11) is 2.73. The van der Waals surface area contributed by atoms with E-state index in [-0.39, 0.29) is 18.5 Å². The number of nitrogens with zero attached hydrogens (tertiary/aromatic N) is 1. The number of carboxylic acids is 1. The SMILES string of the molecule is COC(=O)CN(C)C(=O)NC1CCC(C(=O)O)C1. The number of carbonyl (C=O) groups excluding carboxylic acids is 2. The number of rotatable bonds is 4. The second kappa shape index (κ2) is 6.23. The number of methoxy groups -OCH3 is 1. The minimum atomic E-state index is -0.824. The number of carbonyl (C=O) groups is 3. The average Bonchev–Trinajstić information content (AvgIpc) is 2.77. The van der Waals surface area contributed by atoms with Gasteiger partial charge in [-0.1, -0.05) is 0 Å². The first kappa shape index (κ1) is 14.3. The lowest BCUT2D eigenvalue weighted by Gasteiger charge is -2.19. The lowest BCUT2D eigenvalue weighted by atomic mass is 10.1. The largest absolute Gasteiger partial charge is 0.481 e. The molecule has 0 aromatic heterocycles. The lowest BCUT2D eigenvalue weighted by Crippen LogP contribution is -2.44. The summed E-state index contributed by atoms with van der Waals surface area (Å²) in [5.74, 6) is -1.71. The average molecular weight is 258 g/mol. The topological polar surface area (TPSA) is 95.9 Å². The fourth-order valence-corrected chi connectivity index (χ4v) is 1.95. The Morgan fingerprint density at radius 3 is 2.56 bits per heavy atom. The van der Waals surface area contributed by atoms with E-state index in [4.69, 9.17) is 5.11 Å². The van der Waals surface area contributed by atoms with E-state index in [1.807, 2.05) is 0 Å². The van der Waals surface area contributed by atoms with Gasteiger partial charge in [0.25, 0.3) is 0 Å². The van der Waals surface area contributed by atoms with E-state index >= 15 is 0 Å². The third-order valence-electron chi connectivity index (χ3n) is 3.05. The Morgan fingerprint density at radius 2 is 2.06 bits per heavy atom. The van der Waals surface area contributed by atoms with Crippen LogP contribution in [0.4, 0.5) is 4.79 Å². The zero-order valence-corrected chi connectivity index (χ0v) is 10.5. The molecule has 0 aromatic carbocycles. The summed E-state index contributed by atoms with van der Waals surface area (Å²) in [4.78, 5) is 34.6. The molecule has 0 radical (unpaired) electrons. The third-order valence-corrected chi connectivity index (χ3v) is 3.05. The first-order valence-corrected chi connectivity index (χ1v) is 5.75. The van der Waals surface area contributed by atoms with Crippen LogP contribution >= 0.6 is 0 Å². The van der Waals surface area contributed by atoms with Crippen molar-refractivity contribution in [2.24, 2.45) is 5.92 Å². The standard InChI is InChI=1S/C11H18N2O5/c1-13(6-9(14)18-2)11(17)12-8-4-3-7(5-8)10(15)16/h7-8H,3-6H2,1-2H3,(H,12,17)(H,15,16). The van der Waals surface area contributed by atoms with Crippen LogP contribution in [-0.2, 0) is 14.3 Å². The lowest BCUT2D eigenvalue weighted by molar-refractivity contribution is -0.142. The molecule has 1 saturated carbocycles. The van der Waals surface area contributed by atoms with E-state index in [0.717, 1.165) is 0 Å². The molecule has 2 atom stereocenters. The van der Waals surface area contributed by atoms with E-state index in [0.29, 0.717) is 19.3 Å². The zero-order chi connectivity index (χ0) is 13.7. The first-order valence-electron chi connectivity index (χ1n) is 5.75. The number of likely N-dealkylation sites (N-methyl/N-ethyl adjacent to an activating group) is 1. The van der Waals surface area contributed by atoms with Crippen LogP contribution in [0.25, 0.3) is 0 Å². The Kier molecular flexibility index (Phi) is 4.94. The van der Waals surface area contributed by atoms with Crippen molar-refractivity contribution < 1.29 is 24.2 Å². The Morgan fingerprint density at radius 1 is 1.39 bits per heavy atom. The number of ether oxygens (including phenoxy) is 1. The number of urea groups is 1. The molecule has 7 heteroatoms. The Bertz CT molecular complexity index is 344. The van der Waals surface area contributed by atoms with Gasteiger partial charge in [0.1, 0.15) is 6.54 Å². The number of esters is 1. The fraction of sp³-hybridized carbons (Fsp3) is 0.727. The van der Waals surface area contributed by atoms with E-state index in [1.54, 1.807) is 0 Å². The van der Waals surface area contributed by atoms with E-state index in [9.17, 15) is 14.4 Å². The number of hydrogen-bond donors (Lipinski definition) is 2. The molecule has 0 aromatic rings. The highest BCUT2D eigenvalue weighted by Crippen LogP contribution is 2.25. The van der Waals surface area contributed by atoms with Crippen LogP contribution in [0.5, 0.6) is 0 Å². The van der Waals surface area contributed by atoms with Gasteiger partial charge in [-0.15, -0.1) is 0 Å². The molecule has 2 N–H and O–H groups in total. The highest BCUT2D eigenvalue weighted by atomic mass is 16.5. The van der Waals surface area contributed by atoms with Crippen molar-refractivity contribution in [3.8, 4) is 0 Å². The van der Waals surface area contributed by atoms with Gasteiger partial charge in [-0.05, 0) is 19.3 Å². The second-order valence-electron chi connectivity index (χ2n) is 4.43. The summed E-state index contributed by atoms with van der Waals surface area (Å²) < 4.78 is 4.45. The molecule has 1 fully saturated rings. The Hall–Kier alpha value is -1.79. The van der Waals surface area contributed by atoms with Crippen LogP contribution in [0.15, 0.2) is 0 Å². The molecule has 0 saturated heterocycles. The summed E-state index contributed by atoms with van der Waals surface area (Å²) in [6.07, 6.45) is 1.66. The van der Waals surface area contributed by atoms with Crippen molar-refractivity contribution in [3.05, 3.63) is 0 Å². The monoisotopic (exact) mass is 258 g/mol. The van der Waals surface area contributed by atoms with Gasteiger partial charge >= 0.3 is 18.0 Å². The summed E-state index contributed by atoms with van der Waals surface area (Å²) in [6, 6.07) is -0.532. The van der Waals surface area contributed by atoms with Crippen molar-refractivity contribution in [1.29, 1.82) is 0 Å². The Balaban J connectivity index is 2.37. The van der Waals surface area contributed by atoms with Crippen LogP contribution in [-0.4, -0.2) is 54.7 Å². The fourth-order valence-electron chi connectivity index (χ4n) is 1.95. The summed E-state index contributed by atoms with van der Waals surface area (Å²) >= 11 is 0. The number of hydrogen-bond acceptors (Lipinski definition) is 4. The minimum absolute atomic E-state index is 0.128. The van der Waals surface area contributed by atoms with Crippen LogP contribution in [0.3, 0.4) is 0 Å². The molecule has 18 heavy (non-hydrogen) atoms. The molecule has 1 rings (SSSR count). The molecule has 0 bridgehead atoms. The van der Waals surface area contributed by atoms with Gasteiger partial charge in [-0.25, -0.2) is 4.79 Å². The zero-order valence-electron chi connectivity index (χ0n) is 10.5. The molecule has 2 amide bonds. The summed E-state index contributed by atoms with van der Waals surface area (Å²) in [5, 5.41) is 11.5. The predicted octanol–water partition coefficient (Wildman–Crippen LogP) is 0.0541. The maximum Gasteiger partial charge on any atom is 0.325 e. The van der Waals surface area contributed by atoms with Gasteiger partial charge in [0.05, 0.1) is 13.0 Å². The van der Waals surface area contributed by atoms with Gasteiger partial charge in [-0.3, -0.25) is 9.59 Å². The molecule has 2 unspecified atom stereocenters. The third kappa shape index (κ3) is 3.90. The van der Waals surface area contributed by atoms with Gasteiger partial charge in [0.15, 0.2) is 0 Å². The molecule has 102 valence electrons. The number of carboxylic acid groups (broad SMARTS) is 1. The maximum absolute atomic E-state index is 11.7. The first-order chi connectivity index (χ1) is 8.43. The van der Waals surface area contributed by atoms with Crippen molar-refractivity contribution in [3.63, 3.8) is 0 Å². The van der Waals surface area contributed by atoms with Crippen molar-refractivity contribution in [1.82, 2.24) is 10.2 Å². The van der Waals surface area contributed by atoms with Gasteiger partial charge in [-0.2, -0.15) is 0 Å². The number of nitrogens with one attached hydrogen (secondary N) is 1. The quantitative estimate of drug-likeness (QED) is 0.695. The van der Waals surface area contributed by atoms with E-state index in [2.05, 4.69) is 10.1 Å². The normalized spacial score (nSPS) is 22.3. The van der Waals surface area contributed by atoms with Gasteiger partial charge < -0.3 is 20.1 Å². The molecule has 0 heterocycles. The highest BCUT2D eigenvalue weighted by molar-refractivity contribution is 5.81. The van der Waals surface area contributed by atoms with Crippen molar-refractivity contribution in [2.75, 3.05) is 20.7 Å². The molecular formula is C11H18N2O5. The summed E-state index contributed by atoms with van der Waals surface area (Å²) in [6.45, 7) is -0.128. The Labute approximate surface area is 105 Å². The molecule has 0 aliphatic heterocycles. The highest BCUT2D eigenvalue weighted by Gasteiger charge is 2.31. The van der Waals surface area contributed by atoms with Gasteiger partial charge in [0.2, 0.25) is 0 Å². The molecule has 7 nitrogen and oxygen atoms in total. The van der Waals surface area contributed by atoms with Crippen molar-refractivity contribution >= 4 is 18.0 Å². The number of amides is 2. The predicted molar refractivity (Wildman–Crippen MR) is 61.9 cm³/mol. The molecule has 0 spiro atoms. The molecule has 1 aliphatic carbocycles.